The molecule has 1 saturated heterocycles. The van der Waals surface area contributed by atoms with E-state index in [4.69, 9.17) is 9.31 Å². The number of nitrogens with zero attached hydrogens (tertiary/aromatic N) is 1. The van der Waals surface area contributed by atoms with Gasteiger partial charge >= 0.3 is 7.12 Å². The smallest absolute Gasteiger partial charge is 0.399 e. The first kappa shape index (κ1) is 13.6. The number of carbonyl (C=O) groups excluding carboxylic acids is 1. The first-order valence-electron chi connectivity index (χ1n) is 6.95. The standard InChI is InChI=1S/C15H20BNO3/c1-14(2)15(3,4)20-16(19-14)11-7-6-10-9-17(5)13(18)12(10)8-11/h6-8H,9H2,1-5H3. The zero-order chi connectivity index (χ0) is 14.7. The summed E-state index contributed by atoms with van der Waals surface area (Å²) in [6.07, 6.45) is 0. The molecule has 20 heavy (non-hydrogen) atoms. The summed E-state index contributed by atoms with van der Waals surface area (Å²) in [6.45, 7) is 8.79. The largest absolute Gasteiger partial charge is 0.494 e. The van der Waals surface area contributed by atoms with Crippen LogP contribution in [0.5, 0.6) is 0 Å². The molecule has 2 aliphatic heterocycles. The van der Waals surface area contributed by atoms with Crippen LogP contribution in [0.25, 0.3) is 0 Å². The van der Waals surface area contributed by atoms with Crippen LogP contribution >= 0.6 is 0 Å². The number of hydrogen-bond donors (Lipinski definition) is 0. The van der Waals surface area contributed by atoms with Crippen molar-refractivity contribution < 1.29 is 14.1 Å². The summed E-state index contributed by atoms with van der Waals surface area (Å²) in [4.78, 5) is 13.8. The minimum atomic E-state index is -0.413. The van der Waals surface area contributed by atoms with E-state index in [1.165, 1.54) is 0 Å². The Morgan fingerprint density at radius 3 is 2.35 bits per heavy atom. The van der Waals surface area contributed by atoms with Gasteiger partial charge in [0.2, 0.25) is 0 Å². The molecule has 2 aliphatic rings. The summed E-state index contributed by atoms with van der Waals surface area (Å²) in [6, 6.07) is 5.90. The second kappa shape index (κ2) is 4.09. The predicted octanol–water partition coefficient (Wildman–Crippen LogP) is 1.57. The molecule has 1 aromatic carbocycles. The molecule has 0 spiro atoms. The Labute approximate surface area is 120 Å². The van der Waals surface area contributed by atoms with Gasteiger partial charge in [-0.2, -0.15) is 0 Å². The molecule has 1 aromatic rings. The van der Waals surface area contributed by atoms with E-state index in [0.717, 1.165) is 16.6 Å². The Morgan fingerprint density at radius 2 is 1.75 bits per heavy atom. The maximum absolute atomic E-state index is 12.1. The molecular weight excluding hydrogens is 253 g/mol. The van der Waals surface area contributed by atoms with Crippen molar-refractivity contribution in [2.45, 2.75) is 45.4 Å². The lowest BCUT2D eigenvalue weighted by Gasteiger charge is -2.32. The second-order valence-corrected chi connectivity index (χ2v) is 6.67. The van der Waals surface area contributed by atoms with E-state index in [9.17, 15) is 4.79 Å². The SMILES string of the molecule is CN1Cc2ccc(B3OC(C)(C)C(C)(C)O3)cc2C1=O. The maximum Gasteiger partial charge on any atom is 0.494 e. The highest BCUT2D eigenvalue weighted by Gasteiger charge is 2.51. The Hall–Kier alpha value is -1.33. The van der Waals surface area contributed by atoms with Crippen molar-refractivity contribution in [2.24, 2.45) is 0 Å². The second-order valence-electron chi connectivity index (χ2n) is 6.67. The third-order valence-electron chi connectivity index (χ3n) is 4.64. The Bertz CT molecular complexity index is 566. The van der Waals surface area contributed by atoms with Crippen molar-refractivity contribution in [2.75, 3.05) is 7.05 Å². The van der Waals surface area contributed by atoms with Crippen LogP contribution in [0.15, 0.2) is 18.2 Å². The molecule has 2 heterocycles. The molecule has 5 heteroatoms. The average Bonchev–Trinajstić information content (AvgIpc) is 2.74. The zero-order valence-corrected chi connectivity index (χ0v) is 12.7. The first-order valence-corrected chi connectivity index (χ1v) is 6.95. The molecule has 4 nitrogen and oxygen atoms in total. The van der Waals surface area contributed by atoms with Crippen LogP contribution in [-0.4, -0.2) is 36.2 Å². The van der Waals surface area contributed by atoms with Gasteiger partial charge in [-0.05, 0) is 44.8 Å². The van der Waals surface area contributed by atoms with E-state index in [2.05, 4.69) is 0 Å². The van der Waals surface area contributed by atoms with Crippen molar-refractivity contribution in [1.82, 2.24) is 4.90 Å². The Kier molecular flexibility index (Phi) is 2.79. The number of fused-ring (bicyclic) bond motifs is 1. The summed E-state index contributed by atoms with van der Waals surface area (Å²) in [5.41, 5.74) is 2.01. The predicted molar refractivity (Wildman–Crippen MR) is 78.0 cm³/mol. The summed E-state index contributed by atoms with van der Waals surface area (Å²) in [7, 11) is 1.40. The van der Waals surface area contributed by atoms with Gasteiger partial charge in [0.05, 0.1) is 11.2 Å². The monoisotopic (exact) mass is 273 g/mol. The van der Waals surface area contributed by atoms with Gasteiger partial charge in [-0.25, -0.2) is 0 Å². The number of benzene rings is 1. The molecule has 0 saturated carbocycles. The molecule has 0 aliphatic carbocycles. The van der Waals surface area contributed by atoms with Gasteiger partial charge in [0, 0.05) is 19.2 Å². The first-order chi connectivity index (χ1) is 9.21. The van der Waals surface area contributed by atoms with Gasteiger partial charge in [-0.15, -0.1) is 0 Å². The lowest BCUT2D eigenvalue weighted by atomic mass is 9.78. The van der Waals surface area contributed by atoms with Crippen LogP contribution in [-0.2, 0) is 15.9 Å². The van der Waals surface area contributed by atoms with Gasteiger partial charge in [0.25, 0.3) is 5.91 Å². The van der Waals surface area contributed by atoms with Crippen molar-refractivity contribution in [3.05, 3.63) is 29.3 Å². The average molecular weight is 273 g/mol. The van der Waals surface area contributed by atoms with E-state index < -0.39 is 7.12 Å². The molecule has 0 unspecified atom stereocenters. The molecule has 3 rings (SSSR count). The molecule has 0 aromatic heterocycles. The van der Waals surface area contributed by atoms with Crippen molar-refractivity contribution >= 4 is 18.5 Å². The fourth-order valence-corrected chi connectivity index (χ4v) is 2.59. The minimum Gasteiger partial charge on any atom is -0.399 e. The van der Waals surface area contributed by atoms with Crippen molar-refractivity contribution in [3.63, 3.8) is 0 Å². The van der Waals surface area contributed by atoms with Crippen molar-refractivity contribution in [1.29, 1.82) is 0 Å². The zero-order valence-electron chi connectivity index (χ0n) is 12.7. The maximum atomic E-state index is 12.1. The van der Waals surface area contributed by atoms with Crippen LogP contribution in [0.4, 0.5) is 0 Å². The molecule has 106 valence electrons. The van der Waals surface area contributed by atoms with Gasteiger partial charge in [0.1, 0.15) is 0 Å². The normalized spacial score (nSPS) is 23.4. The molecule has 0 radical (unpaired) electrons. The van der Waals surface area contributed by atoms with E-state index in [1.807, 2.05) is 52.9 Å². The van der Waals surface area contributed by atoms with Crippen LogP contribution in [0.2, 0.25) is 0 Å². The van der Waals surface area contributed by atoms with E-state index in [1.54, 1.807) is 4.90 Å². The van der Waals surface area contributed by atoms with E-state index in [0.29, 0.717) is 6.54 Å². The third kappa shape index (κ3) is 1.88. The fourth-order valence-electron chi connectivity index (χ4n) is 2.59. The van der Waals surface area contributed by atoms with Crippen LogP contribution in [0.3, 0.4) is 0 Å². The third-order valence-corrected chi connectivity index (χ3v) is 4.64. The Balaban J connectivity index is 1.93. The molecule has 0 N–H and O–H groups in total. The summed E-state index contributed by atoms with van der Waals surface area (Å²) >= 11 is 0. The molecule has 1 fully saturated rings. The summed E-state index contributed by atoms with van der Waals surface area (Å²) < 4.78 is 12.0. The van der Waals surface area contributed by atoms with Gasteiger partial charge in [0.15, 0.2) is 0 Å². The van der Waals surface area contributed by atoms with Crippen LogP contribution in [0.1, 0.15) is 43.6 Å². The summed E-state index contributed by atoms with van der Waals surface area (Å²) in [5.74, 6) is 0.0679. The number of hydrogen-bond acceptors (Lipinski definition) is 3. The molecular formula is C15H20BNO3. The highest BCUT2D eigenvalue weighted by Crippen LogP contribution is 2.36. The Morgan fingerprint density at radius 1 is 1.15 bits per heavy atom. The number of amides is 1. The fraction of sp³-hybridized carbons (Fsp3) is 0.533. The molecule has 0 atom stereocenters. The lowest BCUT2D eigenvalue weighted by molar-refractivity contribution is 0.00578. The lowest BCUT2D eigenvalue weighted by Crippen LogP contribution is -2.41. The molecule has 1 amide bonds. The number of carbonyl (C=O) groups is 1. The highest BCUT2D eigenvalue weighted by molar-refractivity contribution is 6.62. The van der Waals surface area contributed by atoms with Gasteiger partial charge in [-0.3, -0.25) is 4.79 Å². The molecule has 0 bridgehead atoms. The van der Waals surface area contributed by atoms with Crippen LogP contribution in [0, 0.1) is 0 Å². The van der Waals surface area contributed by atoms with Crippen molar-refractivity contribution in [3.8, 4) is 0 Å². The number of rotatable bonds is 1. The summed E-state index contributed by atoms with van der Waals surface area (Å²) in [5, 5.41) is 0. The highest BCUT2D eigenvalue weighted by atomic mass is 16.7. The van der Waals surface area contributed by atoms with Gasteiger partial charge in [-0.1, -0.05) is 12.1 Å². The minimum absolute atomic E-state index is 0.0679. The topological polar surface area (TPSA) is 38.8 Å². The van der Waals surface area contributed by atoms with Crippen LogP contribution < -0.4 is 5.46 Å². The quantitative estimate of drug-likeness (QED) is 0.729. The van der Waals surface area contributed by atoms with E-state index in [-0.39, 0.29) is 17.1 Å². The van der Waals surface area contributed by atoms with E-state index >= 15 is 0 Å². The van der Waals surface area contributed by atoms with Gasteiger partial charge < -0.3 is 14.2 Å².